The maximum atomic E-state index is 12.9. The van der Waals surface area contributed by atoms with E-state index in [1.807, 2.05) is 61.5 Å². The van der Waals surface area contributed by atoms with Crippen LogP contribution in [0.4, 0.5) is 0 Å². The molecule has 0 aromatic heterocycles. The fourth-order valence-corrected chi connectivity index (χ4v) is 4.26. The van der Waals surface area contributed by atoms with Crippen molar-refractivity contribution in [3.8, 4) is 5.75 Å². The fraction of sp³-hybridized carbons (Fsp3) is 0.208. The first-order chi connectivity index (χ1) is 14.9. The Morgan fingerprint density at radius 1 is 0.903 bits per heavy atom. The normalized spacial score (nSPS) is 12.2. The highest BCUT2D eigenvalue weighted by Gasteiger charge is 2.26. The van der Waals surface area contributed by atoms with E-state index in [9.17, 15) is 13.2 Å². The average molecular weight is 439 g/mol. The van der Waals surface area contributed by atoms with Crippen LogP contribution in [-0.2, 0) is 27.8 Å². The summed E-state index contributed by atoms with van der Waals surface area (Å²) in [5, 5.41) is 2.83. The minimum Gasteiger partial charge on any atom is -0.497 e. The third kappa shape index (κ3) is 6.41. The van der Waals surface area contributed by atoms with E-state index in [0.717, 1.165) is 22.4 Å². The lowest BCUT2D eigenvalue weighted by Crippen LogP contribution is -2.47. The number of nitrogens with one attached hydrogen (secondary N) is 2. The Kier molecular flexibility index (Phi) is 7.44. The lowest BCUT2D eigenvalue weighted by atomic mass is 10.1. The highest BCUT2D eigenvalue weighted by atomic mass is 32.2. The smallest absolute Gasteiger partial charge is 0.241 e. The standard InChI is InChI=1S/C24H26N2O4S/c1-18-8-14-22(15-9-18)31(28,29)26-23(16-19-6-4-3-5-7-19)24(27)25-17-20-10-12-21(30-2)13-11-20/h3-15,23,26H,16-17H2,1-2H3,(H,25,27). The zero-order valence-corrected chi connectivity index (χ0v) is 18.4. The Bertz CT molecular complexity index is 1100. The van der Waals surface area contributed by atoms with Crippen molar-refractivity contribution in [2.24, 2.45) is 0 Å². The summed E-state index contributed by atoms with van der Waals surface area (Å²) in [7, 11) is -2.27. The molecule has 0 bridgehead atoms. The topological polar surface area (TPSA) is 84.5 Å². The van der Waals surface area contributed by atoms with E-state index in [1.54, 1.807) is 19.2 Å². The third-order valence-corrected chi connectivity index (χ3v) is 6.34. The largest absolute Gasteiger partial charge is 0.497 e. The number of carbonyl (C=O) groups excluding carboxylic acids is 1. The number of methoxy groups -OCH3 is 1. The molecule has 0 aliphatic rings. The highest BCUT2D eigenvalue weighted by Crippen LogP contribution is 2.14. The minimum atomic E-state index is -3.86. The van der Waals surface area contributed by atoms with Gasteiger partial charge in [0.15, 0.2) is 0 Å². The summed E-state index contributed by atoms with van der Waals surface area (Å²) >= 11 is 0. The summed E-state index contributed by atoms with van der Waals surface area (Å²) in [6.45, 7) is 2.16. The number of benzene rings is 3. The molecule has 0 aliphatic carbocycles. The van der Waals surface area contributed by atoms with Gasteiger partial charge in [-0.15, -0.1) is 0 Å². The van der Waals surface area contributed by atoms with Gasteiger partial charge in [-0.05, 0) is 48.7 Å². The number of hydrogen-bond donors (Lipinski definition) is 2. The van der Waals surface area contributed by atoms with Crippen molar-refractivity contribution in [2.45, 2.75) is 30.8 Å². The average Bonchev–Trinajstić information content (AvgIpc) is 2.78. The Balaban J connectivity index is 1.76. The summed E-state index contributed by atoms with van der Waals surface area (Å²) in [5.41, 5.74) is 2.70. The van der Waals surface area contributed by atoms with Crippen molar-refractivity contribution in [3.05, 3.63) is 95.6 Å². The lowest BCUT2D eigenvalue weighted by molar-refractivity contribution is -0.122. The molecule has 31 heavy (non-hydrogen) atoms. The van der Waals surface area contributed by atoms with E-state index < -0.39 is 22.0 Å². The van der Waals surface area contributed by atoms with Gasteiger partial charge in [-0.3, -0.25) is 4.79 Å². The van der Waals surface area contributed by atoms with Crippen molar-refractivity contribution in [1.82, 2.24) is 10.0 Å². The first-order valence-corrected chi connectivity index (χ1v) is 11.4. The van der Waals surface area contributed by atoms with Crippen LogP contribution in [0.2, 0.25) is 0 Å². The molecule has 1 unspecified atom stereocenters. The van der Waals surface area contributed by atoms with Gasteiger partial charge in [0.2, 0.25) is 15.9 Å². The summed E-state index contributed by atoms with van der Waals surface area (Å²) in [6.07, 6.45) is 0.236. The van der Waals surface area contributed by atoms with Crippen molar-refractivity contribution in [2.75, 3.05) is 7.11 Å². The molecule has 0 fully saturated rings. The van der Waals surface area contributed by atoms with Gasteiger partial charge in [-0.2, -0.15) is 4.72 Å². The first-order valence-electron chi connectivity index (χ1n) is 9.91. The van der Waals surface area contributed by atoms with Gasteiger partial charge in [-0.25, -0.2) is 8.42 Å². The molecule has 3 aromatic rings. The van der Waals surface area contributed by atoms with E-state index in [-0.39, 0.29) is 17.9 Å². The van der Waals surface area contributed by atoms with Crippen LogP contribution in [0.5, 0.6) is 5.75 Å². The van der Waals surface area contributed by atoms with Gasteiger partial charge < -0.3 is 10.1 Å². The summed E-state index contributed by atoms with van der Waals surface area (Å²) < 4.78 is 33.5. The number of rotatable bonds is 9. The lowest BCUT2D eigenvalue weighted by Gasteiger charge is -2.19. The van der Waals surface area contributed by atoms with Crippen LogP contribution >= 0.6 is 0 Å². The molecule has 3 rings (SSSR count). The van der Waals surface area contributed by atoms with Crippen molar-refractivity contribution < 1.29 is 17.9 Å². The predicted molar refractivity (Wildman–Crippen MR) is 120 cm³/mol. The molecule has 0 saturated heterocycles. The van der Waals surface area contributed by atoms with E-state index >= 15 is 0 Å². The van der Waals surface area contributed by atoms with Gasteiger partial charge in [-0.1, -0.05) is 60.2 Å². The van der Waals surface area contributed by atoms with Gasteiger partial charge in [0.05, 0.1) is 12.0 Å². The number of aryl methyl sites for hydroxylation is 1. The number of carbonyl (C=O) groups is 1. The molecule has 0 aliphatic heterocycles. The van der Waals surface area contributed by atoms with Crippen molar-refractivity contribution >= 4 is 15.9 Å². The minimum absolute atomic E-state index is 0.124. The molecule has 3 aromatic carbocycles. The van der Waals surface area contributed by atoms with Crippen LogP contribution < -0.4 is 14.8 Å². The summed E-state index contributed by atoms with van der Waals surface area (Å²) in [6, 6.07) is 22.2. The zero-order chi connectivity index (χ0) is 22.3. The quantitative estimate of drug-likeness (QED) is 0.537. The maximum absolute atomic E-state index is 12.9. The second kappa shape index (κ2) is 10.2. The number of ether oxygens (including phenoxy) is 1. The van der Waals surface area contributed by atoms with E-state index in [0.29, 0.717) is 0 Å². The molecule has 2 N–H and O–H groups in total. The molecular formula is C24H26N2O4S. The van der Waals surface area contributed by atoms with E-state index in [4.69, 9.17) is 4.74 Å². The van der Waals surface area contributed by atoms with Crippen LogP contribution in [0.15, 0.2) is 83.8 Å². The predicted octanol–water partition coefficient (Wildman–Crippen LogP) is 3.21. The van der Waals surface area contributed by atoms with Gasteiger partial charge in [0.1, 0.15) is 11.8 Å². The van der Waals surface area contributed by atoms with E-state index in [2.05, 4.69) is 10.0 Å². The number of sulfonamides is 1. The molecule has 7 heteroatoms. The molecular weight excluding hydrogens is 412 g/mol. The Labute approximate surface area is 183 Å². The van der Waals surface area contributed by atoms with Crippen LogP contribution in [0.25, 0.3) is 0 Å². The van der Waals surface area contributed by atoms with Gasteiger partial charge in [0, 0.05) is 6.54 Å². The Morgan fingerprint density at radius 2 is 1.55 bits per heavy atom. The number of hydrogen-bond acceptors (Lipinski definition) is 4. The monoisotopic (exact) mass is 438 g/mol. The highest BCUT2D eigenvalue weighted by molar-refractivity contribution is 7.89. The molecule has 0 heterocycles. The molecule has 6 nitrogen and oxygen atoms in total. The number of amides is 1. The van der Waals surface area contributed by atoms with Crippen LogP contribution in [-0.4, -0.2) is 27.5 Å². The summed E-state index contributed by atoms with van der Waals surface area (Å²) in [4.78, 5) is 13.1. The summed E-state index contributed by atoms with van der Waals surface area (Å²) in [5.74, 6) is 0.332. The van der Waals surface area contributed by atoms with Crippen LogP contribution in [0.3, 0.4) is 0 Å². The Hall–Kier alpha value is -3.16. The van der Waals surface area contributed by atoms with Crippen molar-refractivity contribution in [3.63, 3.8) is 0 Å². The Morgan fingerprint density at radius 3 is 2.16 bits per heavy atom. The molecule has 162 valence electrons. The zero-order valence-electron chi connectivity index (χ0n) is 17.5. The van der Waals surface area contributed by atoms with E-state index in [1.165, 1.54) is 12.1 Å². The van der Waals surface area contributed by atoms with Crippen LogP contribution in [0, 0.1) is 6.92 Å². The second-order valence-corrected chi connectivity index (χ2v) is 8.96. The van der Waals surface area contributed by atoms with Gasteiger partial charge >= 0.3 is 0 Å². The fourth-order valence-electron chi connectivity index (χ4n) is 3.07. The first kappa shape index (κ1) is 22.5. The maximum Gasteiger partial charge on any atom is 0.241 e. The second-order valence-electron chi connectivity index (χ2n) is 7.24. The van der Waals surface area contributed by atoms with Gasteiger partial charge in [0.25, 0.3) is 0 Å². The SMILES string of the molecule is COc1ccc(CNC(=O)C(Cc2ccccc2)NS(=O)(=O)c2ccc(C)cc2)cc1. The molecule has 1 amide bonds. The molecule has 0 spiro atoms. The molecule has 0 radical (unpaired) electrons. The molecule has 1 atom stereocenters. The third-order valence-electron chi connectivity index (χ3n) is 4.85. The van der Waals surface area contributed by atoms with Crippen molar-refractivity contribution in [1.29, 1.82) is 0 Å². The van der Waals surface area contributed by atoms with Crippen LogP contribution in [0.1, 0.15) is 16.7 Å². The molecule has 0 saturated carbocycles.